The largest absolute Gasteiger partial charge is 0.489 e. The van der Waals surface area contributed by atoms with E-state index in [1.54, 1.807) is 28.9 Å². The number of imidazole rings is 1. The molecule has 8 nitrogen and oxygen atoms in total. The maximum absolute atomic E-state index is 14.6. The third-order valence-corrected chi connectivity index (χ3v) is 6.62. The van der Waals surface area contributed by atoms with E-state index in [0.717, 1.165) is 24.1 Å². The molecule has 0 radical (unpaired) electrons. The SMILES string of the molecule is CN(C)CC(O)COc1cc(-c2cnc3ccc(N4CCCC4c4cc(F)ccc4F)nn23)ccc1C#N. The molecule has 5 rings (SSSR count). The average molecular weight is 519 g/mol. The predicted molar refractivity (Wildman–Crippen MR) is 139 cm³/mol. The van der Waals surface area contributed by atoms with Crippen LogP contribution >= 0.6 is 0 Å². The third-order valence-electron chi connectivity index (χ3n) is 6.62. The fourth-order valence-electron chi connectivity index (χ4n) is 4.90. The molecule has 3 heterocycles. The van der Waals surface area contributed by atoms with Gasteiger partial charge in [-0.3, -0.25) is 0 Å². The van der Waals surface area contributed by atoms with Gasteiger partial charge in [-0.05, 0) is 69.4 Å². The number of benzene rings is 2. The van der Waals surface area contributed by atoms with Crippen LogP contribution in [-0.4, -0.2) is 64.5 Å². The topological polar surface area (TPSA) is 89.9 Å². The Morgan fingerprint density at radius 2 is 2.03 bits per heavy atom. The van der Waals surface area contributed by atoms with Crippen molar-refractivity contribution in [3.63, 3.8) is 0 Å². The van der Waals surface area contributed by atoms with E-state index in [4.69, 9.17) is 9.84 Å². The number of nitriles is 1. The van der Waals surface area contributed by atoms with Gasteiger partial charge in [-0.15, -0.1) is 5.10 Å². The first-order chi connectivity index (χ1) is 18.3. The van der Waals surface area contributed by atoms with Crippen molar-refractivity contribution in [1.29, 1.82) is 5.26 Å². The summed E-state index contributed by atoms with van der Waals surface area (Å²) >= 11 is 0. The lowest BCUT2D eigenvalue weighted by atomic mass is 10.0. The first-order valence-corrected chi connectivity index (χ1v) is 12.4. The maximum Gasteiger partial charge on any atom is 0.154 e. The highest BCUT2D eigenvalue weighted by molar-refractivity contribution is 5.67. The smallest absolute Gasteiger partial charge is 0.154 e. The first kappa shape index (κ1) is 25.6. The van der Waals surface area contributed by atoms with E-state index in [2.05, 4.69) is 11.1 Å². The predicted octanol–water partition coefficient (Wildman–Crippen LogP) is 4.19. The molecule has 1 N–H and O–H groups in total. The molecule has 2 atom stereocenters. The summed E-state index contributed by atoms with van der Waals surface area (Å²) in [6.45, 7) is 1.13. The van der Waals surface area contributed by atoms with Gasteiger partial charge in [0.25, 0.3) is 0 Å². The van der Waals surface area contributed by atoms with Gasteiger partial charge >= 0.3 is 0 Å². The number of hydrogen-bond acceptors (Lipinski definition) is 7. The minimum absolute atomic E-state index is 0.0405. The highest BCUT2D eigenvalue weighted by atomic mass is 19.1. The average Bonchev–Trinajstić information content (AvgIpc) is 3.55. The molecular weight excluding hydrogens is 490 g/mol. The van der Waals surface area contributed by atoms with E-state index in [9.17, 15) is 19.1 Å². The Balaban J connectivity index is 1.47. The monoisotopic (exact) mass is 518 g/mol. The van der Waals surface area contributed by atoms with E-state index >= 15 is 0 Å². The van der Waals surface area contributed by atoms with Gasteiger partial charge in [0, 0.05) is 24.2 Å². The molecule has 2 aromatic carbocycles. The Morgan fingerprint density at radius 1 is 1.18 bits per heavy atom. The lowest BCUT2D eigenvalue weighted by molar-refractivity contribution is 0.0830. The molecule has 0 aliphatic carbocycles. The number of aliphatic hydroxyl groups excluding tert-OH is 1. The van der Waals surface area contributed by atoms with Gasteiger partial charge in [0.1, 0.15) is 42.0 Å². The second-order valence-corrected chi connectivity index (χ2v) is 9.67. The van der Waals surface area contributed by atoms with E-state index in [1.165, 1.54) is 6.07 Å². The quantitative estimate of drug-likeness (QED) is 0.374. The maximum atomic E-state index is 14.6. The number of nitrogens with zero attached hydrogens (tertiary/aromatic N) is 6. The fourth-order valence-corrected chi connectivity index (χ4v) is 4.90. The molecule has 38 heavy (non-hydrogen) atoms. The van der Waals surface area contributed by atoms with Crippen LogP contribution in [0.3, 0.4) is 0 Å². The summed E-state index contributed by atoms with van der Waals surface area (Å²) in [5, 5.41) is 24.5. The summed E-state index contributed by atoms with van der Waals surface area (Å²) in [6, 6.07) is 14.2. The van der Waals surface area contributed by atoms with Crippen LogP contribution in [-0.2, 0) is 0 Å². The van der Waals surface area contributed by atoms with Gasteiger partial charge in [0.2, 0.25) is 0 Å². The number of rotatable bonds is 8. The van der Waals surface area contributed by atoms with Crippen LogP contribution < -0.4 is 9.64 Å². The van der Waals surface area contributed by atoms with Crippen LogP contribution in [0, 0.1) is 23.0 Å². The summed E-state index contributed by atoms with van der Waals surface area (Å²) in [5.74, 6) is 0.0741. The summed E-state index contributed by atoms with van der Waals surface area (Å²) in [5.41, 5.74) is 2.70. The number of hydrogen-bond donors (Lipinski definition) is 1. The van der Waals surface area contributed by atoms with Crippen molar-refractivity contribution in [3.8, 4) is 23.1 Å². The number of likely N-dealkylation sites (N-methyl/N-ethyl adjacent to an activating group) is 1. The van der Waals surface area contributed by atoms with Crippen LogP contribution in [0.15, 0.2) is 54.7 Å². The highest BCUT2D eigenvalue weighted by Gasteiger charge is 2.30. The van der Waals surface area contributed by atoms with Crippen LogP contribution in [0.5, 0.6) is 5.75 Å². The van der Waals surface area contributed by atoms with Crippen molar-refractivity contribution < 1.29 is 18.6 Å². The molecule has 0 saturated carbocycles. The van der Waals surface area contributed by atoms with Gasteiger partial charge in [0.05, 0.1) is 23.5 Å². The van der Waals surface area contributed by atoms with Gasteiger partial charge < -0.3 is 19.6 Å². The lowest BCUT2D eigenvalue weighted by Gasteiger charge is -2.26. The molecule has 1 aliphatic heterocycles. The second-order valence-electron chi connectivity index (χ2n) is 9.67. The molecule has 1 saturated heterocycles. The molecule has 0 amide bonds. The summed E-state index contributed by atoms with van der Waals surface area (Å²) in [6.07, 6.45) is 2.49. The van der Waals surface area contributed by atoms with E-state index in [1.807, 2.05) is 36.0 Å². The number of aromatic nitrogens is 3. The molecule has 2 unspecified atom stereocenters. The molecular formula is C28H28F2N6O2. The zero-order valence-corrected chi connectivity index (χ0v) is 21.2. The molecule has 1 fully saturated rings. The minimum atomic E-state index is -0.712. The van der Waals surface area contributed by atoms with Gasteiger partial charge in [0.15, 0.2) is 5.65 Å². The molecule has 0 bridgehead atoms. The molecule has 2 aromatic heterocycles. The Labute approximate surface area is 219 Å². The summed E-state index contributed by atoms with van der Waals surface area (Å²) < 4.78 is 36.0. The van der Waals surface area contributed by atoms with Crippen molar-refractivity contribution >= 4 is 11.5 Å². The summed E-state index contributed by atoms with van der Waals surface area (Å²) in [7, 11) is 3.71. The van der Waals surface area contributed by atoms with Gasteiger partial charge in [-0.1, -0.05) is 6.07 Å². The molecule has 10 heteroatoms. The van der Waals surface area contributed by atoms with Crippen molar-refractivity contribution in [2.75, 3.05) is 38.7 Å². The van der Waals surface area contributed by atoms with E-state index < -0.39 is 17.7 Å². The Hall–Kier alpha value is -4.07. The first-order valence-electron chi connectivity index (χ1n) is 12.4. The number of anilines is 1. The van der Waals surface area contributed by atoms with Crippen molar-refractivity contribution in [2.45, 2.75) is 25.0 Å². The lowest BCUT2D eigenvalue weighted by Crippen LogP contribution is -2.30. The Bertz CT molecular complexity index is 1500. The zero-order valence-electron chi connectivity index (χ0n) is 21.2. The Kier molecular flexibility index (Phi) is 7.22. The van der Waals surface area contributed by atoms with Crippen molar-refractivity contribution in [1.82, 2.24) is 19.5 Å². The molecule has 4 aromatic rings. The zero-order chi connectivity index (χ0) is 26.8. The van der Waals surface area contributed by atoms with Gasteiger partial charge in [-0.2, -0.15) is 5.26 Å². The molecule has 196 valence electrons. The Morgan fingerprint density at radius 3 is 2.82 bits per heavy atom. The summed E-state index contributed by atoms with van der Waals surface area (Å²) in [4.78, 5) is 8.30. The van der Waals surface area contributed by atoms with E-state index in [0.29, 0.717) is 53.5 Å². The van der Waals surface area contributed by atoms with Crippen LogP contribution in [0.25, 0.3) is 16.9 Å². The van der Waals surface area contributed by atoms with Crippen molar-refractivity contribution in [2.24, 2.45) is 0 Å². The number of ether oxygens (including phenoxy) is 1. The molecule has 1 aliphatic rings. The minimum Gasteiger partial charge on any atom is -0.489 e. The highest BCUT2D eigenvalue weighted by Crippen LogP contribution is 2.37. The third kappa shape index (κ3) is 5.16. The normalized spacial score (nSPS) is 16.2. The van der Waals surface area contributed by atoms with Crippen LogP contribution in [0.2, 0.25) is 0 Å². The number of aliphatic hydroxyl groups is 1. The van der Waals surface area contributed by atoms with Crippen LogP contribution in [0.4, 0.5) is 14.6 Å². The van der Waals surface area contributed by atoms with E-state index in [-0.39, 0.29) is 12.6 Å². The standard InChI is InChI=1S/C28H28F2N6O2/c1-34(2)16-21(37)17-38-26-12-18(5-6-19(26)14-31)25-15-32-27-9-10-28(33-36(25)27)35-11-3-4-24(35)22-13-20(29)7-8-23(22)30/h5-10,12-13,15,21,24,37H,3-4,11,16-17H2,1-2H3. The van der Waals surface area contributed by atoms with Crippen molar-refractivity contribution in [3.05, 3.63) is 77.5 Å². The number of halogens is 2. The van der Waals surface area contributed by atoms with Gasteiger partial charge in [-0.25, -0.2) is 18.3 Å². The fraction of sp³-hybridized carbons (Fsp3) is 0.321. The number of fused-ring (bicyclic) bond motifs is 1. The van der Waals surface area contributed by atoms with Crippen LogP contribution in [0.1, 0.15) is 30.0 Å². The molecule has 0 spiro atoms. The second kappa shape index (κ2) is 10.7.